The number of rotatable bonds is 7. The molecule has 0 heterocycles. The van der Waals surface area contributed by atoms with Crippen LogP contribution < -0.4 is 5.73 Å². The second-order valence-electron chi connectivity index (χ2n) is 3.83. The van der Waals surface area contributed by atoms with E-state index in [0.29, 0.717) is 18.3 Å². The van der Waals surface area contributed by atoms with Gasteiger partial charge in [0.15, 0.2) is 0 Å². The summed E-state index contributed by atoms with van der Waals surface area (Å²) in [6.07, 6.45) is 4.34. The van der Waals surface area contributed by atoms with Crippen molar-refractivity contribution in [3.8, 4) is 0 Å². The minimum atomic E-state index is 0.305. The summed E-state index contributed by atoms with van der Waals surface area (Å²) in [4.78, 5) is 2.24. The van der Waals surface area contributed by atoms with Gasteiger partial charge in [0.1, 0.15) is 5.84 Å². The molecule has 4 nitrogen and oxygen atoms in total. The van der Waals surface area contributed by atoms with Gasteiger partial charge in [-0.15, -0.1) is 0 Å². The van der Waals surface area contributed by atoms with Crippen LogP contribution in [0.4, 0.5) is 0 Å². The number of nitrogens with zero attached hydrogens (tertiary/aromatic N) is 2. The molecule has 0 aromatic rings. The average Bonchev–Trinajstić information content (AvgIpc) is 2.17. The van der Waals surface area contributed by atoms with Crippen molar-refractivity contribution in [2.45, 2.75) is 45.6 Å². The van der Waals surface area contributed by atoms with Crippen molar-refractivity contribution >= 4 is 5.84 Å². The van der Waals surface area contributed by atoms with E-state index in [0.717, 1.165) is 6.54 Å². The fraction of sp³-hybridized carbons (Fsp3) is 0.900. The second kappa shape index (κ2) is 7.62. The van der Waals surface area contributed by atoms with Gasteiger partial charge in [-0.1, -0.05) is 24.9 Å². The summed E-state index contributed by atoms with van der Waals surface area (Å²) in [6, 6.07) is 0.336. The highest BCUT2D eigenvalue weighted by Gasteiger charge is 2.10. The Morgan fingerprint density at radius 1 is 1.50 bits per heavy atom. The monoisotopic (exact) mass is 201 g/mol. The topological polar surface area (TPSA) is 61.8 Å². The normalized spacial score (nSPS) is 14.7. The second-order valence-corrected chi connectivity index (χ2v) is 3.83. The number of hydrogen-bond donors (Lipinski definition) is 2. The third-order valence-electron chi connectivity index (χ3n) is 2.50. The minimum Gasteiger partial charge on any atom is -0.409 e. The molecule has 0 bridgehead atoms. The quantitative estimate of drug-likeness (QED) is 0.216. The van der Waals surface area contributed by atoms with Crippen molar-refractivity contribution in [3.63, 3.8) is 0 Å². The fourth-order valence-electron chi connectivity index (χ4n) is 1.33. The molecule has 0 saturated heterocycles. The highest BCUT2D eigenvalue weighted by Crippen LogP contribution is 2.04. The van der Waals surface area contributed by atoms with Crippen molar-refractivity contribution < 1.29 is 5.21 Å². The van der Waals surface area contributed by atoms with Crippen LogP contribution in [-0.2, 0) is 0 Å². The summed E-state index contributed by atoms with van der Waals surface area (Å²) < 4.78 is 0. The smallest absolute Gasteiger partial charge is 0.140 e. The van der Waals surface area contributed by atoms with Crippen LogP contribution in [0.15, 0.2) is 5.16 Å². The van der Waals surface area contributed by atoms with Gasteiger partial charge in [0, 0.05) is 12.5 Å². The highest BCUT2D eigenvalue weighted by molar-refractivity contribution is 5.80. The molecule has 1 atom stereocenters. The zero-order valence-electron chi connectivity index (χ0n) is 9.53. The lowest BCUT2D eigenvalue weighted by Gasteiger charge is -2.23. The van der Waals surface area contributed by atoms with Crippen molar-refractivity contribution in [1.82, 2.24) is 4.90 Å². The van der Waals surface area contributed by atoms with Crippen LogP contribution in [0.25, 0.3) is 0 Å². The van der Waals surface area contributed by atoms with E-state index in [-0.39, 0.29) is 0 Å². The lowest BCUT2D eigenvalue weighted by atomic mass is 10.2. The van der Waals surface area contributed by atoms with E-state index in [2.05, 4.69) is 31.0 Å². The molecule has 0 amide bonds. The molecule has 0 saturated carbocycles. The van der Waals surface area contributed by atoms with Gasteiger partial charge in [-0.25, -0.2) is 0 Å². The van der Waals surface area contributed by atoms with Crippen LogP contribution in [0.3, 0.4) is 0 Å². The van der Waals surface area contributed by atoms with Gasteiger partial charge in [-0.3, -0.25) is 0 Å². The van der Waals surface area contributed by atoms with Gasteiger partial charge >= 0.3 is 0 Å². The number of nitrogens with two attached hydrogens (primary N) is 1. The summed E-state index contributed by atoms with van der Waals surface area (Å²) in [5.74, 6) is 0.305. The zero-order valence-corrected chi connectivity index (χ0v) is 9.53. The Kier molecular flexibility index (Phi) is 7.20. The molecule has 0 rings (SSSR count). The summed E-state index contributed by atoms with van der Waals surface area (Å²) in [6.45, 7) is 5.36. The van der Waals surface area contributed by atoms with E-state index in [1.807, 2.05) is 0 Å². The Balaban J connectivity index is 3.70. The highest BCUT2D eigenvalue weighted by atomic mass is 16.4. The molecule has 1 unspecified atom stereocenters. The molecule has 0 radical (unpaired) electrons. The first-order chi connectivity index (χ1) is 6.61. The molecule has 0 fully saturated rings. The van der Waals surface area contributed by atoms with Crippen LogP contribution in [0.5, 0.6) is 0 Å². The first kappa shape index (κ1) is 13.2. The van der Waals surface area contributed by atoms with Crippen LogP contribution >= 0.6 is 0 Å². The number of oxime groups is 1. The first-order valence-corrected chi connectivity index (χ1v) is 5.28. The zero-order chi connectivity index (χ0) is 11.0. The average molecular weight is 201 g/mol. The molecule has 3 N–H and O–H groups in total. The summed E-state index contributed by atoms with van der Waals surface area (Å²) in [5.41, 5.74) is 5.44. The van der Waals surface area contributed by atoms with Crippen LogP contribution in [0.2, 0.25) is 0 Å². The van der Waals surface area contributed by atoms with Gasteiger partial charge in [0.2, 0.25) is 0 Å². The lowest BCUT2D eigenvalue weighted by molar-refractivity contribution is 0.253. The predicted octanol–water partition coefficient (Wildman–Crippen LogP) is 1.63. The standard InChI is InChI=1S/C10H23N3O/c1-4-5-6-7-13(3)9(2)8-10(11)12-14/h9,14H,4-8H2,1-3H3,(H2,11,12). The molecular weight excluding hydrogens is 178 g/mol. The van der Waals surface area contributed by atoms with Gasteiger partial charge in [-0.2, -0.15) is 0 Å². The fourth-order valence-corrected chi connectivity index (χ4v) is 1.33. The van der Waals surface area contributed by atoms with Crippen molar-refractivity contribution in [3.05, 3.63) is 0 Å². The molecule has 0 aromatic carbocycles. The number of unbranched alkanes of at least 4 members (excludes halogenated alkanes) is 2. The van der Waals surface area contributed by atoms with Gasteiger partial charge in [-0.05, 0) is 26.9 Å². The van der Waals surface area contributed by atoms with Crippen molar-refractivity contribution in [1.29, 1.82) is 0 Å². The maximum atomic E-state index is 8.42. The van der Waals surface area contributed by atoms with E-state index >= 15 is 0 Å². The molecule has 0 aromatic heterocycles. The lowest BCUT2D eigenvalue weighted by Crippen LogP contribution is -2.33. The van der Waals surface area contributed by atoms with E-state index in [1.54, 1.807) is 0 Å². The summed E-state index contributed by atoms with van der Waals surface area (Å²) >= 11 is 0. The van der Waals surface area contributed by atoms with Crippen molar-refractivity contribution in [2.24, 2.45) is 10.9 Å². The molecule has 4 heteroatoms. The number of hydrogen-bond acceptors (Lipinski definition) is 3. The van der Waals surface area contributed by atoms with Crippen LogP contribution in [0.1, 0.15) is 39.5 Å². The Hall–Kier alpha value is -0.770. The van der Waals surface area contributed by atoms with Crippen molar-refractivity contribution in [2.75, 3.05) is 13.6 Å². The van der Waals surface area contributed by atoms with Crippen LogP contribution in [-0.4, -0.2) is 35.6 Å². The maximum absolute atomic E-state index is 8.42. The Morgan fingerprint density at radius 3 is 2.64 bits per heavy atom. The van der Waals surface area contributed by atoms with E-state index in [4.69, 9.17) is 10.9 Å². The SMILES string of the molecule is CCCCCN(C)C(C)CC(N)=NO. The first-order valence-electron chi connectivity index (χ1n) is 5.28. The van der Waals surface area contributed by atoms with E-state index < -0.39 is 0 Å². The molecule has 14 heavy (non-hydrogen) atoms. The Morgan fingerprint density at radius 2 is 2.14 bits per heavy atom. The van der Waals surface area contributed by atoms with Gasteiger partial charge in [0.25, 0.3) is 0 Å². The third kappa shape index (κ3) is 5.80. The molecule has 0 aliphatic rings. The predicted molar refractivity (Wildman–Crippen MR) is 59.6 cm³/mol. The summed E-state index contributed by atoms with van der Waals surface area (Å²) in [5, 5.41) is 11.4. The molecular formula is C10H23N3O. The Labute approximate surface area is 86.8 Å². The van der Waals surface area contributed by atoms with Gasteiger partial charge in [0.05, 0.1) is 0 Å². The third-order valence-corrected chi connectivity index (χ3v) is 2.50. The van der Waals surface area contributed by atoms with Gasteiger partial charge < -0.3 is 15.8 Å². The molecule has 0 spiro atoms. The largest absolute Gasteiger partial charge is 0.409 e. The van der Waals surface area contributed by atoms with Crippen LogP contribution in [0, 0.1) is 0 Å². The number of amidine groups is 1. The maximum Gasteiger partial charge on any atom is 0.140 e. The molecule has 84 valence electrons. The molecule has 0 aliphatic heterocycles. The minimum absolute atomic E-state index is 0.305. The van der Waals surface area contributed by atoms with E-state index in [9.17, 15) is 0 Å². The summed E-state index contributed by atoms with van der Waals surface area (Å²) in [7, 11) is 2.07. The Bertz CT molecular complexity index is 171. The molecule has 0 aliphatic carbocycles. The van der Waals surface area contributed by atoms with E-state index in [1.165, 1.54) is 19.3 Å².